The molecule has 1 aliphatic rings. The summed E-state index contributed by atoms with van der Waals surface area (Å²) in [7, 11) is 1.65. The number of nitrogens with one attached hydrogen (secondary N) is 1. The van der Waals surface area contributed by atoms with Gasteiger partial charge in [-0.1, -0.05) is 58.7 Å². The molecule has 4 aromatic rings. The van der Waals surface area contributed by atoms with E-state index >= 15 is 0 Å². The van der Waals surface area contributed by atoms with E-state index in [1.165, 1.54) is 5.56 Å². The number of allylic oxidation sites excluding steroid dienone is 1. The van der Waals surface area contributed by atoms with Gasteiger partial charge in [-0.3, -0.25) is 4.90 Å². The van der Waals surface area contributed by atoms with Crippen molar-refractivity contribution >= 4 is 28.6 Å². The van der Waals surface area contributed by atoms with E-state index in [-0.39, 0.29) is 6.04 Å². The number of thiocarbonyl (C=S) groups is 1. The molecule has 5 rings (SSSR count). The largest absolute Gasteiger partial charge is 0.497 e. The maximum absolute atomic E-state index is 5.85. The number of ether oxygens (including phenoxy) is 1. The van der Waals surface area contributed by atoms with Crippen molar-refractivity contribution in [3.63, 3.8) is 0 Å². The van der Waals surface area contributed by atoms with Gasteiger partial charge in [-0.05, 0) is 68.9 Å². The van der Waals surface area contributed by atoms with Crippen LogP contribution in [0.3, 0.4) is 0 Å². The van der Waals surface area contributed by atoms with Crippen LogP contribution in [-0.2, 0) is 0 Å². The van der Waals surface area contributed by atoms with Gasteiger partial charge in [-0.15, -0.1) is 0 Å². The quantitative estimate of drug-likeness (QED) is 0.338. The lowest BCUT2D eigenvalue weighted by Gasteiger charge is -2.37. The molecule has 7 heteroatoms. The summed E-state index contributed by atoms with van der Waals surface area (Å²) in [5, 5.41) is 8.41. The topological polar surface area (TPSA) is 63.4 Å². The van der Waals surface area contributed by atoms with Crippen LogP contribution < -0.4 is 15.0 Å². The third-order valence-electron chi connectivity index (χ3n) is 6.16. The zero-order valence-electron chi connectivity index (χ0n) is 20.1. The summed E-state index contributed by atoms with van der Waals surface area (Å²) in [5.74, 6) is 1.79. The number of hydrogen-bond acceptors (Lipinski definition) is 5. The molecule has 1 aromatic heterocycles. The Hall–Kier alpha value is -3.97. The fraction of sp³-hybridized carbons (Fsp3) is 0.179. The summed E-state index contributed by atoms with van der Waals surface area (Å²) in [6.07, 6.45) is 0. The summed E-state index contributed by atoms with van der Waals surface area (Å²) < 4.78 is 11.2. The average molecular weight is 483 g/mol. The van der Waals surface area contributed by atoms with Crippen LogP contribution >= 0.6 is 12.2 Å². The Morgan fingerprint density at radius 2 is 1.69 bits per heavy atom. The molecule has 0 saturated carbocycles. The first-order valence-electron chi connectivity index (χ1n) is 11.4. The number of rotatable bonds is 5. The molecule has 6 nitrogen and oxygen atoms in total. The molecule has 1 atom stereocenters. The highest BCUT2D eigenvalue weighted by atomic mass is 32.1. The van der Waals surface area contributed by atoms with Crippen molar-refractivity contribution in [2.24, 2.45) is 0 Å². The number of aryl methyl sites for hydroxylation is 2. The first-order chi connectivity index (χ1) is 16.9. The Balaban J connectivity index is 1.64. The van der Waals surface area contributed by atoms with Gasteiger partial charge in [0, 0.05) is 16.9 Å². The summed E-state index contributed by atoms with van der Waals surface area (Å²) in [6, 6.07) is 24.0. The van der Waals surface area contributed by atoms with E-state index in [4.69, 9.17) is 26.5 Å². The molecule has 0 amide bonds. The molecule has 0 radical (unpaired) electrons. The molecule has 2 heterocycles. The van der Waals surface area contributed by atoms with E-state index < -0.39 is 0 Å². The van der Waals surface area contributed by atoms with E-state index in [9.17, 15) is 0 Å². The Morgan fingerprint density at radius 3 is 2.37 bits per heavy atom. The summed E-state index contributed by atoms with van der Waals surface area (Å²) >= 11 is 5.83. The Kier molecular flexibility index (Phi) is 6.09. The minimum Gasteiger partial charge on any atom is -0.497 e. The van der Waals surface area contributed by atoms with Crippen LogP contribution in [0.15, 0.2) is 83.0 Å². The van der Waals surface area contributed by atoms with Gasteiger partial charge >= 0.3 is 0 Å². The van der Waals surface area contributed by atoms with E-state index in [1.807, 2.05) is 67.3 Å². The SMILES string of the molecule is COc1ccc(N2C(=S)NC(c3ccc(C)cc3)C(c3nc(-c4cccc(C)c4)no3)=C2C)cc1. The lowest BCUT2D eigenvalue weighted by molar-refractivity contribution is 0.404. The second-order valence-corrected chi connectivity index (χ2v) is 9.01. The Morgan fingerprint density at radius 1 is 0.943 bits per heavy atom. The predicted molar refractivity (Wildman–Crippen MR) is 142 cm³/mol. The van der Waals surface area contributed by atoms with E-state index in [2.05, 4.69) is 41.7 Å². The minimum absolute atomic E-state index is 0.233. The summed E-state index contributed by atoms with van der Waals surface area (Å²) in [5.41, 5.74) is 7.02. The first kappa shape index (κ1) is 22.8. The van der Waals surface area contributed by atoms with Crippen LogP contribution in [0.5, 0.6) is 5.75 Å². The van der Waals surface area contributed by atoms with E-state index in [0.29, 0.717) is 16.8 Å². The van der Waals surface area contributed by atoms with Crippen molar-refractivity contribution in [1.29, 1.82) is 0 Å². The zero-order chi connectivity index (χ0) is 24.5. The molecular formula is C28H26N4O2S. The second-order valence-electron chi connectivity index (χ2n) is 8.62. The molecule has 0 fully saturated rings. The van der Waals surface area contributed by atoms with Crippen molar-refractivity contribution in [3.05, 3.63) is 101 Å². The maximum Gasteiger partial charge on any atom is 0.258 e. The van der Waals surface area contributed by atoms with Gasteiger partial charge in [0.2, 0.25) is 5.82 Å². The molecule has 1 N–H and O–H groups in total. The Bertz CT molecular complexity index is 1410. The van der Waals surface area contributed by atoms with Crippen LogP contribution in [0.2, 0.25) is 0 Å². The molecule has 1 unspecified atom stereocenters. The first-order valence-corrected chi connectivity index (χ1v) is 11.8. The number of anilines is 1. The van der Waals surface area contributed by atoms with Crippen LogP contribution in [-0.4, -0.2) is 22.4 Å². The smallest absolute Gasteiger partial charge is 0.258 e. The van der Waals surface area contributed by atoms with Gasteiger partial charge in [0.05, 0.1) is 18.7 Å². The van der Waals surface area contributed by atoms with Crippen molar-refractivity contribution in [2.75, 3.05) is 12.0 Å². The average Bonchev–Trinajstić information content (AvgIpc) is 3.34. The lowest BCUT2D eigenvalue weighted by Crippen LogP contribution is -2.46. The number of hydrogen-bond donors (Lipinski definition) is 1. The van der Waals surface area contributed by atoms with Gasteiger partial charge < -0.3 is 14.6 Å². The molecule has 35 heavy (non-hydrogen) atoms. The van der Waals surface area contributed by atoms with Crippen LogP contribution in [0.25, 0.3) is 17.0 Å². The predicted octanol–water partition coefficient (Wildman–Crippen LogP) is 6.23. The number of aromatic nitrogens is 2. The van der Waals surface area contributed by atoms with Crippen LogP contribution in [0.1, 0.15) is 35.5 Å². The highest BCUT2D eigenvalue weighted by molar-refractivity contribution is 7.80. The molecule has 0 spiro atoms. The normalized spacial score (nSPS) is 15.8. The minimum atomic E-state index is -0.233. The standard InChI is InChI=1S/C28H26N4O2S/c1-17-8-10-20(11-9-17)25-24(27-30-26(31-34-27)21-7-5-6-18(2)16-21)19(3)32(28(35)29-25)22-12-14-23(33-4)15-13-22/h5-16,25H,1-4H3,(H,29,35). The molecule has 0 saturated heterocycles. The van der Waals surface area contributed by atoms with Crippen molar-refractivity contribution < 1.29 is 9.26 Å². The fourth-order valence-electron chi connectivity index (χ4n) is 4.31. The molecule has 0 bridgehead atoms. The number of benzene rings is 3. The number of methoxy groups -OCH3 is 1. The van der Waals surface area contributed by atoms with E-state index in [1.54, 1.807) is 7.11 Å². The lowest BCUT2D eigenvalue weighted by atomic mass is 9.94. The highest BCUT2D eigenvalue weighted by Crippen LogP contribution is 2.39. The highest BCUT2D eigenvalue weighted by Gasteiger charge is 2.34. The van der Waals surface area contributed by atoms with Crippen molar-refractivity contribution in [1.82, 2.24) is 15.5 Å². The van der Waals surface area contributed by atoms with Gasteiger partial charge in [0.1, 0.15) is 5.75 Å². The summed E-state index contributed by atoms with van der Waals surface area (Å²) in [4.78, 5) is 6.80. The molecule has 176 valence electrons. The van der Waals surface area contributed by atoms with Crippen molar-refractivity contribution in [3.8, 4) is 17.1 Å². The summed E-state index contributed by atoms with van der Waals surface area (Å²) in [6.45, 7) is 6.15. The third-order valence-corrected chi connectivity index (χ3v) is 6.46. The van der Waals surface area contributed by atoms with Crippen molar-refractivity contribution in [2.45, 2.75) is 26.8 Å². The van der Waals surface area contributed by atoms with Gasteiger partial charge in [-0.2, -0.15) is 4.98 Å². The zero-order valence-corrected chi connectivity index (χ0v) is 20.9. The van der Waals surface area contributed by atoms with Crippen LogP contribution in [0.4, 0.5) is 5.69 Å². The van der Waals surface area contributed by atoms with Gasteiger partial charge in [0.15, 0.2) is 5.11 Å². The third kappa shape index (κ3) is 4.42. The van der Waals surface area contributed by atoms with Gasteiger partial charge in [-0.25, -0.2) is 0 Å². The Labute approximate surface area is 210 Å². The molecule has 0 aliphatic carbocycles. The van der Waals surface area contributed by atoms with Crippen LogP contribution in [0, 0.1) is 13.8 Å². The van der Waals surface area contributed by atoms with E-state index in [0.717, 1.165) is 39.4 Å². The molecule has 1 aliphatic heterocycles. The molecular weight excluding hydrogens is 456 g/mol. The second kappa shape index (κ2) is 9.35. The van der Waals surface area contributed by atoms with Gasteiger partial charge in [0.25, 0.3) is 5.89 Å². The fourth-order valence-corrected chi connectivity index (χ4v) is 4.67. The maximum atomic E-state index is 5.85. The number of nitrogens with zero attached hydrogens (tertiary/aromatic N) is 3. The molecule has 3 aromatic carbocycles. The monoisotopic (exact) mass is 482 g/mol.